The van der Waals surface area contributed by atoms with Gasteiger partial charge in [-0.25, -0.2) is 0 Å². The van der Waals surface area contributed by atoms with Crippen molar-refractivity contribution < 1.29 is 14.3 Å². The number of ether oxygens (including phenoxy) is 2. The molecule has 0 spiro atoms. The Balaban J connectivity index is 2.04. The first-order valence-electron chi connectivity index (χ1n) is 8.78. The molecule has 0 radical (unpaired) electrons. The van der Waals surface area contributed by atoms with Gasteiger partial charge in [-0.2, -0.15) is 0 Å². The lowest BCUT2D eigenvalue weighted by Crippen LogP contribution is -2.31. The Morgan fingerprint density at radius 2 is 1.80 bits per heavy atom. The van der Waals surface area contributed by atoms with Gasteiger partial charge in [0, 0.05) is 12.2 Å². The van der Waals surface area contributed by atoms with Crippen LogP contribution in [0.3, 0.4) is 0 Å². The Kier molecular flexibility index (Phi) is 7.48. The number of hydrogen-bond acceptors (Lipinski definition) is 3. The van der Waals surface area contributed by atoms with Gasteiger partial charge in [0.1, 0.15) is 12.4 Å². The minimum absolute atomic E-state index is 0.0313. The van der Waals surface area contributed by atoms with Gasteiger partial charge in [0.2, 0.25) is 0 Å². The van der Waals surface area contributed by atoms with Gasteiger partial charge in [-0.3, -0.25) is 4.79 Å². The highest BCUT2D eigenvalue weighted by molar-refractivity contribution is 5.94. The average Bonchev–Trinajstić information content (AvgIpc) is 2.64. The van der Waals surface area contributed by atoms with E-state index in [9.17, 15) is 4.79 Å². The Hall–Kier alpha value is -2.33. The van der Waals surface area contributed by atoms with Crippen LogP contribution in [-0.2, 0) is 4.74 Å². The lowest BCUT2D eigenvalue weighted by Gasteiger charge is -2.23. The maximum atomic E-state index is 12.7. The molecular formula is C21H27NO3. The van der Waals surface area contributed by atoms with E-state index in [1.54, 1.807) is 12.1 Å². The molecule has 1 amide bonds. The molecule has 134 valence electrons. The minimum atomic E-state index is -0.0992. The van der Waals surface area contributed by atoms with Crippen LogP contribution >= 0.6 is 0 Å². The van der Waals surface area contributed by atoms with Crippen LogP contribution in [0.4, 0.5) is 0 Å². The molecule has 0 saturated heterocycles. The van der Waals surface area contributed by atoms with Crippen LogP contribution in [0.15, 0.2) is 54.6 Å². The molecule has 0 heterocycles. The molecule has 4 heteroatoms. The highest BCUT2D eigenvalue weighted by atomic mass is 16.5. The Labute approximate surface area is 150 Å². The fraction of sp³-hybridized carbons (Fsp3) is 0.381. The fourth-order valence-electron chi connectivity index (χ4n) is 2.61. The predicted molar refractivity (Wildman–Crippen MR) is 99.9 cm³/mol. The fourth-order valence-corrected chi connectivity index (χ4v) is 2.61. The topological polar surface area (TPSA) is 47.6 Å². The lowest BCUT2D eigenvalue weighted by atomic mass is 9.95. The van der Waals surface area contributed by atoms with Crippen LogP contribution in [0.25, 0.3) is 0 Å². The second kappa shape index (κ2) is 9.84. The zero-order chi connectivity index (χ0) is 18.1. The van der Waals surface area contributed by atoms with Crippen molar-refractivity contribution in [2.24, 2.45) is 5.92 Å². The maximum Gasteiger partial charge on any atom is 0.251 e. The second-order valence-corrected chi connectivity index (χ2v) is 6.18. The molecule has 4 nitrogen and oxygen atoms in total. The molecule has 2 rings (SSSR count). The summed E-state index contributed by atoms with van der Waals surface area (Å²) in [5.74, 6) is 0.864. The van der Waals surface area contributed by atoms with E-state index in [1.165, 1.54) is 0 Å². The summed E-state index contributed by atoms with van der Waals surface area (Å²) in [5, 5.41) is 3.13. The van der Waals surface area contributed by atoms with E-state index in [-0.39, 0.29) is 17.9 Å². The summed E-state index contributed by atoms with van der Waals surface area (Å²) in [6.45, 7) is 7.83. The monoisotopic (exact) mass is 341 g/mol. The number of carbonyl (C=O) groups is 1. The molecule has 25 heavy (non-hydrogen) atoms. The summed E-state index contributed by atoms with van der Waals surface area (Å²) in [4.78, 5) is 12.7. The molecule has 1 N–H and O–H groups in total. The molecule has 2 aromatic carbocycles. The second-order valence-electron chi connectivity index (χ2n) is 6.18. The van der Waals surface area contributed by atoms with E-state index < -0.39 is 0 Å². The van der Waals surface area contributed by atoms with E-state index in [1.807, 2.05) is 49.4 Å². The Morgan fingerprint density at radius 3 is 2.48 bits per heavy atom. The number of nitrogens with one attached hydrogen (secondary N) is 1. The quantitative estimate of drug-likeness (QED) is 0.694. The van der Waals surface area contributed by atoms with Crippen LogP contribution in [0.5, 0.6) is 5.75 Å². The number of amides is 1. The normalized spacial score (nSPS) is 12.0. The average molecular weight is 341 g/mol. The number of benzene rings is 2. The summed E-state index contributed by atoms with van der Waals surface area (Å²) in [6, 6.07) is 17.3. The van der Waals surface area contributed by atoms with Gasteiger partial charge in [0.15, 0.2) is 0 Å². The first-order valence-corrected chi connectivity index (χ1v) is 8.78. The van der Waals surface area contributed by atoms with Crippen LogP contribution in [0, 0.1) is 5.92 Å². The van der Waals surface area contributed by atoms with Crippen molar-refractivity contribution in [1.82, 2.24) is 5.32 Å². The highest BCUT2D eigenvalue weighted by Crippen LogP contribution is 2.22. The molecule has 0 bridgehead atoms. The van der Waals surface area contributed by atoms with E-state index in [2.05, 4.69) is 19.2 Å². The number of hydrogen-bond donors (Lipinski definition) is 1. The van der Waals surface area contributed by atoms with Crippen molar-refractivity contribution in [3.63, 3.8) is 0 Å². The smallest absolute Gasteiger partial charge is 0.251 e. The first kappa shape index (κ1) is 19.0. The molecule has 0 aliphatic heterocycles. The van der Waals surface area contributed by atoms with Crippen molar-refractivity contribution >= 4 is 5.91 Å². The number of rotatable bonds is 9. The van der Waals surface area contributed by atoms with Crippen molar-refractivity contribution in [2.45, 2.75) is 26.8 Å². The summed E-state index contributed by atoms with van der Waals surface area (Å²) in [5.41, 5.74) is 1.70. The molecular weight excluding hydrogens is 314 g/mol. The standard InChI is InChI=1S/C21H27NO3/c1-4-24-13-14-25-19-12-8-11-18(15-19)21(23)22-20(16(2)3)17-9-6-5-7-10-17/h5-12,15-16,20H,4,13-14H2,1-3H3,(H,22,23)/t20-/m0/s1. The zero-order valence-electron chi connectivity index (χ0n) is 15.2. The third kappa shape index (κ3) is 5.91. The van der Waals surface area contributed by atoms with Crippen molar-refractivity contribution in [3.8, 4) is 5.75 Å². The van der Waals surface area contributed by atoms with E-state index in [4.69, 9.17) is 9.47 Å². The minimum Gasteiger partial charge on any atom is -0.491 e. The van der Waals surface area contributed by atoms with Gasteiger partial charge >= 0.3 is 0 Å². The molecule has 0 aliphatic carbocycles. The van der Waals surface area contributed by atoms with Gasteiger partial charge in [-0.1, -0.05) is 50.2 Å². The SMILES string of the molecule is CCOCCOc1cccc(C(=O)N[C@H](c2ccccc2)C(C)C)c1. The Bertz CT molecular complexity index is 655. The summed E-state index contributed by atoms with van der Waals surface area (Å²) >= 11 is 0. The first-order chi connectivity index (χ1) is 12.1. The maximum absolute atomic E-state index is 12.7. The molecule has 2 aromatic rings. The number of carbonyl (C=O) groups excluding carboxylic acids is 1. The van der Waals surface area contributed by atoms with E-state index >= 15 is 0 Å². The van der Waals surface area contributed by atoms with Crippen molar-refractivity contribution in [1.29, 1.82) is 0 Å². The van der Waals surface area contributed by atoms with Crippen LogP contribution in [0.2, 0.25) is 0 Å². The van der Waals surface area contributed by atoms with Gasteiger partial charge in [0.05, 0.1) is 12.6 Å². The van der Waals surface area contributed by atoms with Crippen molar-refractivity contribution in [3.05, 3.63) is 65.7 Å². The molecule has 0 unspecified atom stereocenters. The van der Waals surface area contributed by atoms with E-state index in [0.717, 1.165) is 5.56 Å². The summed E-state index contributed by atoms with van der Waals surface area (Å²) in [6.07, 6.45) is 0. The molecule has 1 atom stereocenters. The molecule has 0 fully saturated rings. The molecule has 0 aromatic heterocycles. The third-order valence-corrected chi connectivity index (χ3v) is 3.91. The lowest BCUT2D eigenvalue weighted by molar-refractivity contribution is 0.0924. The highest BCUT2D eigenvalue weighted by Gasteiger charge is 2.19. The van der Waals surface area contributed by atoms with Gasteiger partial charge < -0.3 is 14.8 Å². The van der Waals surface area contributed by atoms with Gasteiger partial charge in [-0.15, -0.1) is 0 Å². The summed E-state index contributed by atoms with van der Waals surface area (Å²) in [7, 11) is 0. The van der Waals surface area contributed by atoms with Crippen LogP contribution < -0.4 is 10.1 Å². The predicted octanol–water partition coefficient (Wildman–Crippen LogP) is 4.23. The third-order valence-electron chi connectivity index (χ3n) is 3.91. The molecule has 0 aliphatic rings. The Morgan fingerprint density at radius 1 is 1.04 bits per heavy atom. The zero-order valence-corrected chi connectivity index (χ0v) is 15.2. The molecule has 0 saturated carbocycles. The summed E-state index contributed by atoms with van der Waals surface area (Å²) < 4.78 is 10.9. The van der Waals surface area contributed by atoms with Crippen LogP contribution in [-0.4, -0.2) is 25.7 Å². The largest absolute Gasteiger partial charge is 0.491 e. The van der Waals surface area contributed by atoms with Crippen molar-refractivity contribution in [2.75, 3.05) is 19.8 Å². The van der Waals surface area contributed by atoms with E-state index in [0.29, 0.717) is 31.1 Å². The van der Waals surface area contributed by atoms with Gasteiger partial charge in [-0.05, 0) is 36.6 Å². The van der Waals surface area contributed by atoms with Gasteiger partial charge in [0.25, 0.3) is 5.91 Å². The van der Waals surface area contributed by atoms with Crippen LogP contribution in [0.1, 0.15) is 42.7 Å².